The molecule has 1 N–H and O–H groups in total. The molecule has 0 amide bonds. The Hall–Kier alpha value is -1.30. The summed E-state index contributed by atoms with van der Waals surface area (Å²) in [4.78, 5) is 3.66. The lowest BCUT2D eigenvalue weighted by atomic mass is 10.2. The van der Waals surface area contributed by atoms with E-state index in [0.717, 1.165) is 6.07 Å². The SMILES string of the molecule is CNN(C)c1ncccc1C(F)(F)F. The summed E-state index contributed by atoms with van der Waals surface area (Å²) in [5, 5.41) is 1.21. The molecule has 0 bridgehead atoms. The van der Waals surface area contributed by atoms with Gasteiger partial charge in [0.15, 0.2) is 5.82 Å². The highest BCUT2D eigenvalue weighted by atomic mass is 19.4. The van der Waals surface area contributed by atoms with E-state index in [1.165, 1.54) is 31.4 Å². The van der Waals surface area contributed by atoms with Gasteiger partial charge in [0.1, 0.15) is 0 Å². The summed E-state index contributed by atoms with van der Waals surface area (Å²) in [5.74, 6) is -0.137. The zero-order valence-electron chi connectivity index (χ0n) is 7.76. The number of hydrogen-bond donors (Lipinski definition) is 1. The van der Waals surface area contributed by atoms with Crippen molar-refractivity contribution in [2.24, 2.45) is 0 Å². The van der Waals surface area contributed by atoms with E-state index >= 15 is 0 Å². The second-order valence-corrected chi connectivity index (χ2v) is 2.65. The summed E-state index contributed by atoms with van der Waals surface area (Å²) in [6, 6.07) is 2.26. The van der Waals surface area contributed by atoms with Gasteiger partial charge in [0.2, 0.25) is 0 Å². The smallest absolute Gasteiger partial charge is 0.295 e. The number of nitrogens with zero attached hydrogens (tertiary/aromatic N) is 2. The predicted molar refractivity (Wildman–Crippen MR) is 46.7 cm³/mol. The molecule has 6 heteroatoms. The van der Waals surface area contributed by atoms with Crippen LogP contribution in [0.4, 0.5) is 19.0 Å². The van der Waals surface area contributed by atoms with E-state index in [9.17, 15) is 13.2 Å². The van der Waals surface area contributed by atoms with Crippen molar-refractivity contribution in [1.82, 2.24) is 10.4 Å². The van der Waals surface area contributed by atoms with Gasteiger partial charge in [-0.05, 0) is 12.1 Å². The third kappa shape index (κ3) is 2.14. The van der Waals surface area contributed by atoms with Gasteiger partial charge >= 0.3 is 6.18 Å². The maximum Gasteiger partial charge on any atom is 0.420 e. The second-order valence-electron chi connectivity index (χ2n) is 2.65. The molecule has 78 valence electrons. The van der Waals surface area contributed by atoms with Gasteiger partial charge in [0, 0.05) is 20.3 Å². The number of anilines is 1. The minimum Gasteiger partial charge on any atom is -0.295 e. The van der Waals surface area contributed by atoms with Crippen molar-refractivity contribution in [2.45, 2.75) is 6.18 Å². The third-order valence-electron chi connectivity index (χ3n) is 1.75. The number of hydrogen-bond acceptors (Lipinski definition) is 3. The Morgan fingerprint density at radius 2 is 2.07 bits per heavy atom. The number of hydrazine groups is 1. The maximum atomic E-state index is 12.5. The standard InChI is InChI=1S/C8H10F3N3/c1-12-14(2)7-6(8(9,10)11)4-3-5-13-7/h3-5,12H,1-2H3. The van der Waals surface area contributed by atoms with Crippen molar-refractivity contribution < 1.29 is 13.2 Å². The summed E-state index contributed by atoms with van der Waals surface area (Å²) in [7, 11) is 2.99. The lowest BCUT2D eigenvalue weighted by Gasteiger charge is -2.20. The monoisotopic (exact) mass is 205 g/mol. The summed E-state index contributed by atoms with van der Waals surface area (Å²) < 4.78 is 37.4. The summed E-state index contributed by atoms with van der Waals surface area (Å²) in [5.41, 5.74) is 1.81. The van der Waals surface area contributed by atoms with E-state index in [1.54, 1.807) is 0 Å². The van der Waals surface area contributed by atoms with Crippen molar-refractivity contribution in [1.29, 1.82) is 0 Å². The fraction of sp³-hybridized carbons (Fsp3) is 0.375. The first kappa shape index (κ1) is 10.8. The lowest BCUT2D eigenvalue weighted by Crippen LogP contribution is -2.33. The molecule has 1 aromatic heterocycles. The van der Waals surface area contributed by atoms with Crippen molar-refractivity contribution in [3.05, 3.63) is 23.9 Å². The molecule has 14 heavy (non-hydrogen) atoms. The largest absolute Gasteiger partial charge is 0.420 e. The second kappa shape index (κ2) is 3.83. The van der Waals surface area contributed by atoms with E-state index in [2.05, 4.69) is 10.4 Å². The fourth-order valence-corrected chi connectivity index (χ4v) is 0.991. The Bertz CT molecular complexity index is 311. The van der Waals surface area contributed by atoms with Crippen LogP contribution in [0.15, 0.2) is 18.3 Å². The fourth-order valence-electron chi connectivity index (χ4n) is 0.991. The molecule has 1 aromatic rings. The number of pyridine rings is 1. The number of rotatable bonds is 2. The van der Waals surface area contributed by atoms with Crippen LogP contribution in [0.5, 0.6) is 0 Å². The topological polar surface area (TPSA) is 28.2 Å². The minimum atomic E-state index is -4.38. The van der Waals surface area contributed by atoms with Crippen LogP contribution in [-0.4, -0.2) is 19.1 Å². The van der Waals surface area contributed by atoms with Gasteiger partial charge in [-0.2, -0.15) is 13.2 Å². The van der Waals surface area contributed by atoms with E-state index in [4.69, 9.17) is 0 Å². The average molecular weight is 205 g/mol. The Kier molecular flexibility index (Phi) is 2.95. The number of nitrogens with one attached hydrogen (secondary N) is 1. The Labute approximate surface area is 79.5 Å². The van der Waals surface area contributed by atoms with Crippen LogP contribution in [0.2, 0.25) is 0 Å². The molecule has 1 rings (SSSR count). The third-order valence-corrected chi connectivity index (χ3v) is 1.75. The van der Waals surface area contributed by atoms with Crippen molar-refractivity contribution in [3.63, 3.8) is 0 Å². The minimum absolute atomic E-state index is 0.137. The summed E-state index contributed by atoms with van der Waals surface area (Å²) in [6.45, 7) is 0. The van der Waals surface area contributed by atoms with E-state index in [0.29, 0.717) is 0 Å². The highest BCUT2D eigenvalue weighted by Gasteiger charge is 2.34. The van der Waals surface area contributed by atoms with Crippen LogP contribution in [0.3, 0.4) is 0 Å². The molecule has 0 aliphatic heterocycles. The molecule has 1 heterocycles. The quantitative estimate of drug-likeness (QED) is 0.744. The molecule has 3 nitrogen and oxygen atoms in total. The van der Waals surface area contributed by atoms with Crippen LogP contribution in [0.1, 0.15) is 5.56 Å². The molecule has 0 saturated carbocycles. The van der Waals surface area contributed by atoms with Gasteiger partial charge in [-0.15, -0.1) is 0 Å². The van der Waals surface area contributed by atoms with Crippen LogP contribution < -0.4 is 10.4 Å². The van der Waals surface area contributed by atoms with Crippen molar-refractivity contribution >= 4 is 5.82 Å². The Morgan fingerprint density at radius 3 is 2.57 bits per heavy atom. The van der Waals surface area contributed by atoms with E-state index in [-0.39, 0.29) is 5.82 Å². The van der Waals surface area contributed by atoms with Crippen molar-refractivity contribution in [2.75, 3.05) is 19.1 Å². The molecule has 0 unspecified atom stereocenters. The molecular weight excluding hydrogens is 195 g/mol. The normalized spacial score (nSPS) is 11.5. The van der Waals surface area contributed by atoms with Crippen LogP contribution in [0, 0.1) is 0 Å². The lowest BCUT2D eigenvalue weighted by molar-refractivity contribution is -0.137. The molecule has 0 radical (unpaired) electrons. The van der Waals surface area contributed by atoms with Crippen LogP contribution >= 0.6 is 0 Å². The first-order valence-corrected chi connectivity index (χ1v) is 3.90. The predicted octanol–water partition coefficient (Wildman–Crippen LogP) is 1.67. The number of halogens is 3. The molecule has 0 fully saturated rings. The zero-order chi connectivity index (χ0) is 10.8. The average Bonchev–Trinajstić information content (AvgIpc) is 2.15. The highest BCUT2D eigenvalue weighted by molar-refractivity contribution is 5.46. The van der Waals surface area contributed by atoms with Gasteiger partial charge in [0.05, 0.1) is 5.56 Å². The number of alkyl halides is 3. The van der Waals surface area contributed by atoms with Gasteiger partial charge in [-0.1, -0.05) is 0 Å². The number of aromatic nitrogens is 1. The molecule has 0 atom stereocenters. The molecule has 0 aromatic carbocycles. The molecule has 0 saturated heterocycles. The molecule has 0 spiro atoms. The highest BCUT2D eigenvalue weighted by Crippen LogP contribution is 2.34. The van der Waals surface area contributed by atoms with Crippen LogP contribution in [0.25, 0.3) is 0 Å². The molecular formula is C8H10F3N3. The van der Waals surface area contributed by atoms with E-state index < -0.39 is 11.7 Å². The first-order valence-electron chi connectivity index (χ1n) is 3.90. The van der Waals surface area contributed by atoms with Crippen molar-refractivity contribution in [3.8, 4) is 0 Å². The summed E-state index contributed by atoms with van der Waals surface area (Å²) in [6.07, 6.45) is -3.06. The van der Waals surface area contributed by atoms with Gasteiger partial charge < -0.3 is 0 Å². The van der Waals surface area contributed by atoms with Gasteiger partial charge in [-0.3, -0.25) is 5.01 Å². The summed E-state index contributed by atoms with van der Waals surface area (Å²) >= 11 is 0. The van der Waals surface area contributed by atoms with Gasteiger partial charge in [0.25, 0.3) is 0 Å². The maximum absolute atomic E-state index is 12.5. The zero-order valence-corrected chi connectivity index (χ0v) is 7.76. The molecule has 0 aliphatic rings. The van der Waals surface area contributed by atoms with E-state index in [1.807, 2.05) is 0 Å². The van der Waals surface area contributed by atoms with Gasteiger partial charge in [-0.25, -0.2) is 10.4 Å². The van der Waals surface area contributed by atoms with Crippen LogP contribution in [-0.2, 0) is 6.18 Å². The Balaban J connectivity index is 3.16. The molecule has 0 aliphatic carbocycles. The first-order chi connectivity index (χ1) is 6.46. The Morgan fingerprint density at radius 1 is 1.43 bits per heavy atom.